The summed E-state index contributed by atoms with van der Waals surface area (Å²) in [6.45, 7) is 2.59. The van der Waals surface area contributed by atoms with Crippen molar-refractivity contribution in [3.8, 4) is 5.69 Å². The standard InChI is InChI=1S/C23H26ClN5OS/c24-19-11-6-12-20(16-19)29-22(28-14-4-5-15-28)26-27-23(29)31-17-21(30)25-13-7-10-18-8-2-1-3-9-18/h1-3,6,8-9,11-12,16H,4-5,7,10,13-15,17H2,(H,25,30). The topological polar surface area (TPSA) is 63.1 Å². The molecule has 1 N–H and O–H groups in total. The summed E-state index contributed by atoms with van der Waals surface area (Å²) in [5, 5.41) is 13.2. The molecular weight excluding hydrogens is 430 g/mol. The highest BCUT2D eigenvalue weighted by molar-refractivity contribution is 7.99. The molecule has 1 amide bonds. The van der Waals surface area contributed by atoms with Crippen molar-refractivity contribution in [2.24, 2.45) is 0 Å². The van der Waals surface area contributed by atoms with Crippen molar-refractivity contribution in [1.29, 1.82) is 0 Å². The van der Waals surface area contributed by atoms with Crippen LogP contribution in [0.2, 0.25) is 5.02 Å². The number of hydrogen-bond donors (Lipinski definition) is 1. The van der Waals surface area contributed by atoms with Crippen molar-refractivity contribution in [1.82, 2.24) is 20.1 Å². The number of carbonyl (C=O) groups is 1. The SMILES string of the molecule is O=C(CSc1nnc(N2CCCC2)n1-c1cccc(Cl)c1)NCCCc1ccccc1. The van der Waals surface area contributed by atoms with Crippen LogP contribution in [0.1, 0.15) is 24.8 Å². The van der Waals surface area contributed by atoms with E-state index >= 15 is 0 Å². The Morgan fingerprint density at radius 1 is 1.06 bits per heavy atom. The van der Waals surface area contributed by atoms with E-state index in [4.69, 9.17) is 11.6 Å². The van der Waals surface area contributed by atoms with Gasteiger partial charge in [0.25, 0.3) is 0 Å². The van der Waals surface area contributed by atoms with Crippen LogP contribution in [-0.4, -0.2) is 46.1 Å². The van der Waals surface area contributed by atoms with Gasteiger partial charge in [0.15, 0.2) is 5.16 Å². The number of aromatic nitrogens is 3. The van der Waals surface area contributed by atoms with Crippen LogP contribution in [-0.2, 0) is 11.2 Å². The van der Waals surface area contributed by atoms with Crippen LogP contribution in [0.25, 0.3) is 5.69 Å². The maximum absolute atomic E-state index is 12.4. The van der Waals surface area contributed by atoms with Gasteiger partial charge in [-0.25, -0.2) is 0 Å². The van der Waals surface area contributed by atoms with Gasteiger partial charge in [-0.05, 0) is 49.4 Å². The van der Waals surface area contributed by atoms with Crippen molar-refractivity contribution in [3.05, 3.63) is 65.2 Å². The third-order valence-corrected chi connectivity index (χ3v) is 6.38. The predicted octanol–water partition coefficient (Wildman–Crippen LogP) is 4.36. The molecule has 0 spiro atoms. The number of amides is 1. The second-order valence-corrected chi connectivity index (χ2v) is 8.90. The van der Waals surface area contributed by atoms with Gasteiger partial charge in [0.1, 0.15) is 0 Å². The molecule has 1 aromatic heterocycles. The van der Waals surface area contributed by atoms with Crippen LogP contribution in [0, 0.1) is 0 Å². The van der Waals surface area contributed by atoms with Gasteiger partial charge in [0, 0.05) is 24.7 Å². The Morgan fingerprint density at radius 2 is 1.87 bits per heavy atom. The Bertz CT molecular complexity index is 1000. The van der Waals surface area contributed by atoms with E-state index in [9.17, 15) is 4.79 Å². The fourth-order valence-corrected chi connectivity index (χ4v) is 4.63. The Balaban J connectivity index is 1.37. The molecule has 1 saturated heterocycles. The van der Waals surface area contributed by atoms with E-state index < -0.39 is 0 Å². The predicted molar refractivity (Wildman–Crippen MR) is 126 cm³/mol. The van der Waals surface area contributed by atoms with Gasteiger partial charge in [-0.3, -0.25) is 9.36 Å². The molecule has 6 nitrogen and oxygen atoms in total. The number of hydrogen-bond acceptors (Lipinski definition) is 5. The third-order valence-electron chi connectivity index (χ3n) is 5.21. The molecule has 8 heteroatoms. The minimum Gasteiger partial charge on any atom is -0.355 e. The highest BCUT2D eigenvalue weighted by Gasteiger charge is 2.23. The first kappa shape index (κ1) is 21.7. The summed E-state index contributed by atoms with van der Waals surface area (Å²) >= 11 is 7.63. The van der Waals surface area contributed by atoms with Crippen LogP contribution in [0.4, 0.5) is 5.95 Å². The molecule has 2 heterocycles. The van der Waals surface area contributed by atoms with E-state index in [0.717, 1.165) is 50.4 Å². The highest BCUT2D eigenvalue weighted by atomic mass is 35.5. The fraction of sp³-hybridized carbons (Fsp3) is 0.348. The van der Waals surface area contributed by atoms with Gasteiger partial charge in [0.2, 0.25) is 11.9 Å². The minimum absolute atomic E-state index is 0.00132. The zero-order valence-corrected chi connectivity index (χ0v) is 18.9. The Morgan fingerprint density at radius 3 is 2.65 bits per heavy atom. The molecule has 0 aliphatic carbocycles. The molecule has 1 aliphatic heterocycles. The smallest absolute Gasteiger partial charge is 0.232 e. The van der Waals surface area contributed by atoms with Crippen LogP contribution in [0.15, 0.2) is 59.8 Å². The fourth-order valence-electron chi connectivity index (χ4n) is 3.66. The van der Waals surface area contributed by atoms with Crippen LogP contribution < -0.4 is 10.2 Å². The van der Waals surface area contributed by atoms with E-state index in [2.05, 4.69) is 32.5 Å². The number of halogens is 1. The van der Waals surface area contributed by atoms with E-state index in [1.807, 2.05) is 47.0 Å². The molecule has 31 heavy (non-hydrogen) atoms. The molecule has 0 bridgehead atoms. The molecule has 0 saturated carbocycles. The number of carbonyl (C=O) groups excluding carboxylic acids is 1. The molecule has 1 aliphatic rings. The minimum atomic E-state index is 0.00132. The number of nitrogens with one attached hydrogen (secondary N) is 1. The zero-order valence-electron chi connectivity index (χ0n) is 17.3. The lowest BCUT2D eigenvalue weighted by Crippen LogP contribution is -2.26. The number of aryl methyl sites for hydroxylation is 1. The second-order valence-electron chi connectivity index (χ2n) is 7.52. The highest BCUT2D eigenvalue weighted by Crippen LogP contribution is 2.29. The average molecular weight is 456 g/mol. The molecule has 2 aromatic carbocycles. The lowest BCUT2D eigenvalue weighted by molar-refractivity contribution is -0.118. The number of thioether (sulfide) groups is 1. The molecule has 4 rings (SSSR count). The summed E-state index contributed by atoms with van der Waals surface area (Å²) in [7, 11) is 0. The first-order chi connectivity index (χ1) is 15.2. The molecule has 1 fully saturated rings. The first-order valence-corrected chi connectivity index (χ1v) is 12.0. The van der Waals surface area contributed by atoms with Gasteiger partial charge >= 0.3 is 0 Å². The Kier molecular flexibility index (Phi) is 7.48. The van der Waals surface area contributed by atoms with Gasteiger partial charge in [-0.1, -0.05) is 59.8 Å². The maximum atomic E-state index is 12.4. The molecular formula is C23H26ClN5OS. The number of rotatable bonds is 9. The summed E-state index contributed by atoms with van der Waals surface area (Å²) in [5.41, 5.74) is 2.19. The summed E-state index contributed by atoms with van der Waals surface area (Å²) in [5.74, 6) is 1.11. The van der Waals surface area contributed by atoms with Gasteiger partial charge in [-0.2, -0.15) is 0 Å². The monoisotopic (exact) mass is 455 g/mol. The maximum Gasteiger partial charge on any atom is 0.232 e. The second kappa shape index (κ2) is 10.7. The van der Waals surface area contributed by atoms with Crippen molar-refractivity contribution < 1.29 is 4.79 Å². The van der Waals surface area contributed by atoms with Crippen LogP contribution >= 0.6 is 23.4 Å². The van der Waals surface area contributed by atoms with E-state index in [1.54, 1.807) is 0 Å². The van der Waals surface area contributed by atoms with Crippen molar-refractivity contribution >= 4 is 35.2 Å². The Labute approximate surface area is 192 Å². The first-order valence-electron chi connectivity index (χ1n) is 10.6. The largest absolute Gasteiger partial charge is 0.355 e. The van der Waals surface area contributed by atoms with E-state index in [-0.39, 0.29) is 5.91 Å². The molecule has 0 radical (unpaired) electrons. The molecule has 0 unspecified atom stereocenters. The van der Waals surface area contributed by atoms with Crippen molar-refractivity contribution in [2.75, 3.05) is 30.3 Å². The lowest BCUT2D eigenvalue weighted by Gasteiger charge is -2.18. The molecule has 3 aromatic rings. The average Bonchev–Trinajstić information content (AvgIpc) is 3.46. The van der Waals surface area contributed by atoms with Gasteiger partial charge < -0.3 is 10.2 Å². The number of anilines is 1. The van der Waals surface area contributed by atoms with Crippen molar-refractivity contribution in [2.45, 2.75) is 30.8 Å². The summed E-state index contributed by atoms with van der Waals surface area (Å²) in [6, 6.07) is 18.0. The Hall–Kier alpha value is -2.51. The van der Waals surface area contributed by atoms with E-state index in [0.29, 0.717) is 22.5 Å². The summed E-state index contributed by atoms with van der Waals surface area (Å²) in [6.07, 6.45) is 4.17. The summed E-state index contributed by atoms with van der Waals surface area (Å²) < 4.78 is 2.00. The quantitative estimate of drug-likeness (QED) is 0.383. The van der Waals surface area contributed by atoms with Crippen LogP contribution in [0.3, 0.4) is 0 Å². The number of benzene rings is 2. The summed E-state index contributed by atoms with van der Waals surface area (Å²) in [4.78, 5) is 14.6. The normalized spacial score (nSPS) is 13.5. The number of nitrogens with zero attached hydrogens (tertiary/aromatic N) is 4. The van der Waals surface area contributed by atoms with Gasteiger partial charge in [-0.15, -0.1) is 10.2 Å². The molecule has 162 valence electrons. The molecule has 0 atom stereocenters. The third kappa shape index (κ3) is 5.80. The van der Waals surface area contributed by atoms with E-state index in [1.165, 1.54) is 17.3 Å². The lowest BCUT2D eigenvalue weighted by atomic mass is 10.1. The van der Waals surface area contributed by atoms with Crippen molar-refractivity contribution in [3.63, 3.8) is 0 Å². The van der Waals surface area contributed by atoms with Gasteiger partial charge in [0.05, 0.1) is 11.4 Å². The van der Waals surface area contributed by atoms with Crippen LogP contribution in [0.5, 0.6) is 0 Å². The zero-order chi connectivity index (χ0) is 21.5.